The number of aromatic hydroxyl groups is 1. The van der Waals surface area contributed by atoms with Crippen LogP contribution in [0.2, 0.25) is 5.02 Å². The number of Topliss-reactive ketones (excluding diaryl/α,β-unsaturated/α-hetero) is 1. The van der Waals surface area contributed by atoms with E-state index in [0.717, 1.165) is 29.7 Å². The summed E-state index contributed by atoms with van der Waals surface area (Å²) < 4.78 is 1.72. The molecule has 7 heteroatoms. The molecule has 0 saturated carbocycles. The van der Waals surface area contributed by atoms with Gasteiger partial charge < -0.3 is 10.4 Å². The number of fused-ring (bicyclic) bond motifs is 1. The standard InChI is InChI=1S/C21H17ClN4O2/c22-15-8-2-1-7-14(15)20-24-21-23-16-9-4-10-17(28)18(16)19(26(21)25-20)12-5-3-6-13(27)11-12/h1-3,5-8,11,19,27H,4,9-10H2,(H,23,24,25). The molecule has 2 N–H and O–H groups in total. The Hall–Kier alpha value is -3.12. The van der Waals surface area contributed by atoms with Crippen molar-refractivity contribution in [2.75, 3.05) is 5.32 Å². The fourth-order valence-electron chi connectivity index (χ4n) is 3.92. The van der Waals surface area contributed by atoms with Crippen LogP contribution in [0, 0.1) is 0 Å². The molecule has 0 radical (unpaired) electrons. The van der Waals surface area contributed by atoms with Gasteiger partial charge in [0.2, 0.25) is 5.95 Å². The first-order valence-electron chi connectivity index (χ1n) is 9.15. The van der Waals surface area contributed by atoms with E-state index in [4.69, 9.17) is 11.6 Å². The maximum Gasteiger partial charge on any atom is 0.226 e. The van der Waals surface area contributed by atoms with Crippen molar-refractivity contribution in [1.82, 2.24) is 14.8 Å². The molecule has 1 aliphatic carbocycles. The van der Waals surface area contributed by atoms with E-state index < -0.39 is 6.04 Å². The molecule has 0 spiro atoms. The summed E-state index contributed by atoms with van der Waals surface area (Å²) in [7, 11) is 0. The van der Waals surface area contributed by atoms with Gasteiger partial charge in [0.05, 0.1) is 5.02 Å². The van der Waals surface area contributed by atoms with Crippen molar-refractivity contribution < 1.29 is 9.90 Å². The number of ketones is 1. The monoisotopic (exact) mass is 392 g/mol. The maximum atomic E-state index is 12.8. The molecule has 0 saturated heterocycles. The maximum absolute atomic E-state index is 12.8. The number of aromatic nitrogens is 3. The van der Waals surface area contributed by atoms with E-state index >= 15 is 0 Å². The number of phenolic OH excluding ortho intramolecular Hbond substituents is 1. The summed E-state index contributed by atoms with van der Waals surface area (Å²) in [6, 6.07) is 13.9. The minimum absolute atomic E-state index is 0.0996. The lowest BCUT2D eigenvalue weighted by molar-refractivity contribution is -0.116. The van der Waals surface area contributed by atoms with Crippen molar-refractivity contribution in [2.24, 2.45) is 0 Å². The van der Waals surface area contributed by atoms with Gasteiger partial charge in [-0.15, -0.1) is 5.10 Å². The zero-order chi connectivity index (χ0) is 19.3. The number of carbonyl (C=O) groups excluding carboxylic acids is 1. The molecule has 1 unspecified atom stereocenters. The third kappa shape index (κ3) is 2.68. The predicted octanol–water partition coefficient (Wildman–Crippen LogP) is 4.33. The Morgan fingerprint density at radius 3 is 2.82 bits per heavy atom. The summed E-state index contributed by atoms with van der Waals surface area (Å²) in [5.74, 6) is 1.30. The highest BCUT2D eigenvalue weighted by atomic mass is 35.5. The molecule has 0 bridgehead atoms. The van der Waals surface area contributed by atoms with Crippen LogP contribution in [0.15, 0.2) is 59.8 Å². The summed E-state index contributed by atoms with van der Waals surface area (Å²) >= 11 is 6.33. The van der Waals surface area contributed by atoms with Gasteiger partial charge in [0.1, 0.15) is 11.8 Å². The number of hydrogen-bond acceptors (Lipinski definition) is 5. The van der Waals surface area contributed by atoms with E-state index in [0.29, 0.717) is 28.8 Å². The van der Waals surface area contributed by atoms with Crippen LogP contribution in [0.4, 0.5) is 5.95 Å². The lowest BCUT2D eigenvalue weighted by Crippen LogP contribution is -2.31. The van der Waals surface area contributed by atoms with Gasteiger partial charge in [-0.05, 0) is 42.7 Å². The van der Waals surface area contributed by atoms with E-state index in [1.165, 1.54) is 0 Å². The molecule has 1 atom stereocenters. The lowest BCUT2D eigenvalue weighted by Gasteiger charge is -2.32. The first-order valence-corrected chi connectivity index (χ1v) is 9.53. The second-order valence-electron chi connectivity index (χ2n) is 6.97. The molecule has 1 aliphatic heterocycles. The Morgan fingerprint density at radius 2 is 2.00 bits per heavy atom. The molecule has 0 fully saturated rings. The number of nitrogens with one attached hydrogen (secondary N) is 1. The van der Waals surface area contributed by atoms with Crippen LogP contribution in [0.25, 0.3) is 11.4 Å². The van der Waals surface area contributed by atoms with E-state index in [1.807, 2.05) is 24.3 Å². The third-order valence-corrected chi connectivity index (χ3v) is 5.50. The van der Waals surface area contributed by atoms with Crippen LogP contribution >= 0.6 is 11.6 Å². The second kappa shape index (κ2) is 6.49. The first kappa shape index (κ1) is 17.0. The van der Waals surface area contributed by atoms with E-state index in [1.54, 1.807) is 28.9 Å². The number of halogens is 1. The first-order chi connectivity index (χ1) is 13.6. The van der Waals surface area contributed by atoms with E-state index in [-0.39, 0.29) is 11.5 Å². The van der Waals surface area contributed by atoms with Crippen molar-refractivity contribution >= 4 is 23.3 Å². The van der Waals surface area contributed by atoms with Crippen LogP contribution < -0.4 is 5.32 Å². The number of phenols is 1. The number of anilines is 1. The smallest absolute Gasteiger partial charge is 0.226 e. The molecule has 2 aromatic carbocycles. The highest BCUT2D eigenvalue weighted by Crippen LogP contribution is 2.41. The SMILES string of the molecule is O=C1CCCC2=C1C(c1cccc(O)c1)n1nc(-c3ccccc3Cl)nc1N2. The number of rotatable bonds is 2. The summed E-state index contributed by atoms with van der Waals surface area (Å²) in [5.41, 5.74) is 3.10. The van der Waals surface area contributed by atoms with Gasteiger partial charge in [0.15, 0.2) is 11.6 Å². The second-order valence-corrected chi connectivity index (χ2v) is 7.38. The Kier molecular flexibility index (Phi) is 3.94. The molecule has 28 heavy (non-hydrogen) atoms. The van der Waals surface area contributed by atoms with Crippen molar-refractivity contribution in [3.63, 3.8) is 0 Å². The number of nitrogens with zero attached hydrogens (tertiary/aromatic N) is 3. The van der Waals surface area contributed by atoms with Gasteiger partial charge in [0, 0.05) is 23.3 Å². The number of carbonyl (C=O) groups is 1. The normalized spacial score (nSPS) is 18.5. The van der Waals surface area contributed by atoms with Gasteiger partial charge >= 0.3 is 0 Å². The van der Waals surface area contributed by atoms with Gasteiger partial charge in [-0.3, -0.25) is 4.79 Å². The zero-order valence-corrected chi connectivity index (χ0v) is 15.6. The van der Waals surface area contributed by atoms with E-state index in [2.05, 4.69) is 15.4 Å². The molecule has 2 aliphatic rings. The highest BCUT2D eigenvalue weighted by molar-refractivity contribution is 6.33. The van der Waals surface area contributed by atoms with Gasteiger partial charge in [-0.25, -0.2) is 4.68 Å². The summed E-state index contributed by atoms with van der Waals surface area (Å²) in [6.45, 7) is 0. The third-order valence-electron chi connectivity index (χ3n) is 5.17. The fraction of sp³-hybridized carbons (Fsp3) is 0.190. The zero-order valence-electron chi connectivity index (χ0n) is 14.9. The van der Waals surface area contributed by atoms with Crippen LogP contribution in [0.3, 0.4) is 0 Å². The molecule has 0 amide bonds. The number of allylic oxidation sites excluding steroid dienone is 2. The minimum Gasteiger partial charge on any atom is -0.508 e. The fourth-order valence-corrected chi connectivity index (χ4v) is 4.14. The van der Waals surface area contributed by atoms with Crippen LogP contribution in [0.5, 0.6) is 5.75 Å². The lowest BCUT2D eigenvalue weighted by atomic mass is 9.85. The predicted molar refractivity (Wildman–Crippen MR) is 106 cm³/mol. The van der Waals surface area contributed by atoms with E-state index in [9.17, 15) is 9.90 Å². The molecular weight excluding hydrogens is 376 g/mol. The van der Waals surface area contributed by atoms with Gasteiger partial charge in [-0.1, -0.05) is 35.9 Å². The quantitative estimate of drug-likeness (QED) is 0.678. The number of benzene rings is 2. The molecule has 5 rings (SSSR count). The van der Waals surface area contributed by atoms with Crippen molar-refractivity contribution in [1.29, 1.82) is 0 Å². The average molecular weight is 393 g/mol. The van der Waals surface area contributed by atoms with Crippen molar-refractivity contribution in [2.45, 2.75) is 25.3 Å². The van der Waals surface area contributed by atoms with Crippen molar-refractivity contribution in [3.05, 3.63) is 70.4 Å². The topological polar surface area (TPSA) is 80.0 Å². The average Bonchev–Trinajstić information content (AvgIpc) is 3.10. The Morgan fingerprint density at radius 1 is 1.14 bits per heavy atom. The molecule has 140 valence electrons. The Balaban J connectivity index is 1.71. The Bertz CT molecular complexity index is 1130. The van der Waals surface area contributed by atoms with Crippen LogP contribution in [-0.4, -0.2) is 25.7 Å². The summed E-state index contributed by atoms with van der Waals surface area (Å²) in [6.07, 6.45) is 2.10. The summed E-state index contributed by atoms with van der Waals surface area (Å²) in [5, 5.41) is 18.5. The molecular formula is C21H17ClN4O2. The molecule has 1 aromatic heterocycles. The van der Waals surface area contributed by atoms with Gasteiger partial charge in [0.25, 0.3) is 0 Å². The highest BCUT2D eigenvalue weighted by Gasteiger charge is 2.37. The largest absolute Gasteiger partial charge is 0.508 e. The molecule has 3 aromatic rings. The molecule has 6 nitrogen and oxygen atoms in total. The van der Waals surface area contributed by atoms with Gasteiger partial charge in [-0.2, -0.15) is 4.98 Å². The van der Waals surface area contributed by atoms with Crippen LogP contribution in [0.1, 0.15) is 30.9 Å². The molecule has 2 heterocycles. The number of hydrogen-bond donors (Lipinski definition) is 2. The van der Waals surface area contributed by atoms with Crippen molar-refractivity contribution in [3.8, 4) is 17.1 Å². The van der Waals surface area contributed by atoms with Crippen LogP contribution in [-0.2, 0) is 4.79 Å². The Labute approximate surface area is 166 Å². The minimum atomic E-state index is -0.435. The summed E-state index contributed by atoms with van der Waals surface area (Å²) in [4.78, 5) is 17.4.